The monoisotopic (exact) mass is 367 g/mol. The van der Waals surface area contributed by atoms with Crippen LogP contribution in [0.3, 0.4) is 0 Å². The van der Waals surface area contributed by atoms with E-state index in [-0.39, 0.29) is 24.9 Å². The topological polar surface area (TPSA) is 59.9 Å². The minimum atomic E-state index is 0. The first-order valence-corrected chi connectivity index (χ1v) is 5.78. The molecule has 0 saturated carbocycles. The maximum Gasteiger partial charge on any atom is 3.00 e. The van der Waals surface area contributed by atoms with Crippen LogP contribution in [0.25, 0.3) is 0 Å². The Kier molecular flexibility index (Phi) is 22.1. The molecule has 0 aliphatic rings. The molecule has 1 aromatic rings. The van der Waals surface area contributed by atoms with E-state index in [0.717, 1.165) is 11.4 Å². The average molecular weight is 366 g/mol. The van der Waals surface area contributed by atoms with Crippen molar-refractivity contribution in [3.63, 3.8) is 0 Å². The van der Waals surface area contributed by atoms with Gasteiger partial charge in [0.1, 0.15) is 0 Å². The van der Waals surface area contributed by atoms with Gasteiger partial charge in [0.05, 0.1) is 11.4 Å². The van der Waals surface area contributed by atoms with Crippen molar-refractivity contribution in [1.29, 1.82) is 0 Å². The van der Waals surface area contributed by atoms with Gasteiger partial charge in [-0.15, -0.1) is 0 Å². The van der Waals surface area contributed by atoms with Crippen LogP contribution in [0.5, 0.6) is 0 Å². The number of rotatable bonds is 0. The van der Waals surface area contributed by atoms with Gasteiger partial charge in [-0.3, -0.25) is 13.6 Å². The number of carbonyl (C=O) groups excluding carboxylic acids is 2. The van der Waals surface area contributed by atoms with Gasteiger partial charge in [-0.2, -0.15) is 31.0 Å². The zero-order chi connectivity index (χ0) is 16.1. The fraction of sp³-hybridized carbons (Fsp3) is 0.533. The summed E-state index contributed by atoms with van der Waals surface area (Å²) in [5.74, 6) is 1.42. The number of hydrogen-bond acceptors (Lipinski definition) is 4. The van der Waals surface area contributed by atoms with Crippen LogP contribution < -0.4 is 0 Å². The van der Waals surface area contributed by atoms with Crippen molar-refractivity contribution in [3.05, 3.63) is 29.4 Å². The molecule has 0 aliphatic heterocycles. The Morgan fingerprint density at radius 3 is 1.50 bits per heavy atom. The average Bonchev–Trinajstić information content (AvgIpc) is 2.33. The standard InChI is InChI=1S/C9H14N2.C4H9.2CHO.Ru/c1-7-5-6-8(11-10-7)9(2,3)4;1-4(2)3;2*1-2;/h5-6H,1-4H3;1-3H3;2*1H;/q;3*-1;+3. The molecule has 5 heteroatoms. The van der Waals surface area contributed by atoms with E-state index in [1.54, 1.807) is 0 Å². The van der Waals surface area contributed by atoms with Crippen LogP contribution in [0, 0.1) is 12.8 Å². The van der Waals surface area contributed by atoms with E-state index in [2.05, 4.69) is 65.3 Å². The maximum atomic E-state index is 7.75. The molecule has 0 N–H and O–H groups in total. The second-order valence-electron chi connectivity index (χ2n) is 5.31. The quantitative estimate of drug-likeness (QED) is 0.402. The first kappa shape index (κ1) is 27.4. The number of nitrogens with zero attached hydrogens (tertiary/aromatic N) is 2. The third kappa shape index (κ3) is 19.4. The summed E-state index contributed by atoms with van der Waals surface area (Å²) in [6.45, 7) is 21.1. The van der Waals surface area contributed by atoms with Gasteiger partial charge < -0.3 is 15.5 Å². The Hall–Kier alpha value is -0.957. The van der Waals surface area contributed by atoms with E-state index in [1.165, 1.54) is 5.92 Å². The Balaban J connectivity index is -0.000000122. The summed E-state index contributed by atoms with van der Waals surface area (Å²) in [6, 6.07) is 4.02. The molecule has 1 radical (unpaired) electrons. The van der Waals surface area contributed by atoms with Crippen LogP contribution in [0.2, 0.25) is 0 Å². The zero-order valence-corrected chi connectivity index (χ0v) is 15.1. The normalized spacial score (nSPS) is 8.60. The van der Waals surface area contributed by atoms with E-state index in [9.17, 15) is 0 Å². The Bertz CT molecular complexity index is 304. The molecule has 0 aliphatic carbocycles. The molecule has 0 saturated heterocycles. The third-order valence-electron chi connectivity index (χ3n) is 1.57. The van der Waals surface area contributed by atoms with Crippen molar-refractivity contribution in [3.8, 4) is 0 Å². The second-order valence-corrected chi connectivity index (χ2v) is 5.31. The Labute approximate surface area is 136 Å². The molecule has 1 aromatic heterocycles. The summed E-state index contributed by atoms with van der Waals surface area (Å²) < 4.78 is 0. The van der Waals surface area contributed by atoms with Crippen molar-refractivity contribution in [2.24, 2.45) is 0 Å². The molecule has 115 valence electrons. The summed E-state index contributed by atoms with van der Waals surface area (Å²) in [5.41, 5.74) is 2.13. The van der Waals surface area contributed by atoms with Gasteiger partial charge in [0.15, 0.2) is 0 Å². The fourth-order valence-electron chi connectivity index (χ4n) is 0.799. The predicted molar refractivity (Wildman–Crippen MR) is 79.2 cm³/mol. The molecule has 0 aromatic carbocycles. The van der Waals surface area contributed by atoms with Gasteiger partial charge in [0, 0.05) is 5.41 Å². The first-order valence-electron chi connectivity index (χ1n) is 5.78. The maximum absolute atomic E-state index is 7.75. The van der Waals surface area contributed by atoms with Gasteiger partial charge in [0.25, 0.3) is 0 Å². The Morgan fingerprint density at radius 2 is 1.30 bits per heavy atom. The van der Waals surface area contributed by atoms with Gasteiger partial charge in [-0.1, -0.05) is 20.8 Å². The van der Waals surface area contributed by atoms with Crippen molar-refractivity contribution < 1.29 is 29.1 Å². The van der Waals surface area contributed by atoms with Crippen molar-refractivity contribution >= 4 is 13.6 Å². The molecule has 0 spiro atoms. The van der Waals surface area contributed by atoms with Gasteiger partial charge in [0.2, 0.25) is 0 Å². The van der Waals surface area contributed by atoms with Crippen LogP contribution in [0.4, 0.5) is 0 Å². The van der Waals surface area contributed by atoms with Crippen LogP contribution in [0.1, 0.15) is 52.9 Å². The number of hydrogen-bond donors (Lipinski definition) is 0. The minimum absolute atomic E-state index is 0. The van der Waals surface area contributed by atoms with E-state index in [4.69, 9.17) is 9.59 Å². The summed E-state index contributed by atoms with van der Waals surface area (Å²) in [6.07, 6.45) is 0. The van der Waals surface area contributed by atoms with Crippen LogP contribution >= 0.6 is 0 Å². The van der Waals surface area contributed by atoms with Crippen molar-refractivity contribution in [1.82, 2.24) is 10.2 Å². The molecular formula is C15H25N2O2Ru. The number of aromatic nitrogens is 2. The summed E-state index contributed by atoms with van der Waals surface area (Å²) in [5, 5.41) is 8.10. The molecule has 1 heterocycles. The molecule has 0 amide bonds. The SMILES string of the molecule is C[C-](C)C.Cc1ccc(C(C)(C)C)nn1.[CH-]=O.[CH-]=O.[Ru+3]. The third-order valence-corrected chi connectivity index (χ3v) is 1.57. The van der Waals surface area contributed by atoms with Gasteiger partial charge in [-0.25, -0.2) is 0 Å². The summed E-state index contributed by atoms with van der Waals surface area (Å²) in [4.78, 5) is 15.5. The van der Waals surface area contributed by atoms with Crippen molar-refractivity contribution in [2.75, 3.05) is 0 Å². The van der Waals surface area contributed by atoms with Gasteiger partial charge in [-0.05, 0) is 19.1 Å². The van der Waals surface area contributed by atoms with E-state index >= 15 is 0 Å². The van der Waals surface area contributed by atoms with E-state index in [0.29, 0.717) is 0 Å². The first-order chi connectivity index (χ1) is 8.73. The van der Waals surface area contributed by atoms with Crippen LogP contribution in [0.15, 0.2) is 12.1 Å². The van der Waals surface area contributed by atoms with Gasteiger partial charge >= 0.3 is 19.5 Å². The van der Waals surface area contributed by atoms with Crippen LogP contribution in [-0.4, -0.2) is 23.8 Å². The summed E-state index contributed by atoms with van der Waals surface area (Å²) in [7, 11) is 0. The largest absolute Gasteiger partial charge is 3.00 e. The molecule has 0 fully saturated rings. The second kappa shape index (κ2) is 16.1. The fourth-order valence-corrected chi connectivity index (χ4v) is 0.799. The van der Waals surface area contributed by atoms with E-state index < -0.39 is 0 Å². The molecule has 0 bridgehead atoms. The van der Waals surface area contributed by atoms with Crippen LogP contribution in [-0.2, 0) is 34.5 Å². The molecular weight excluding hydrogens is 341 g/mol. The molecule has 0 atom stereocenters. The van der Waals surface area contributed by atoms with Crippen molar-refractivity contribution in [2.45, 2.75) is 53.9 Å². The number of aryl methyl sites for hydroxylation is 1. The Morgan fingerprint density at radius 1 is 0.950 bits per heavy atom. The molecule has 1 rings (SSSR count). The molecule has 4 nitrogen and oxygen atoms in total. The molecule has 20 heavy (non-hydrogen) atoms. The zero-order valence-electron chi connectivity index (χ0n) is 13.4. The minimum Gasteiger partial charge on any atom is -0.545 e. The molecule has 0 unspecified atom stereocenters. The summed E-state index contributed by atoms with van der Waals surface area (Å²) >= 11 is 0. The predicted octanol–water partition coefficient (Wildman–Crippen LogP) is 3.15. The van der Waals surface area contributed by atoms with E-state index in [1.807, 2.05) is 19.1 Å². The smallest absolute Gasteiger partial charge is 0.545 e.